The normalized spacial score (nSPS) is 13.6. The van der Waals surface area contributed by atoms with E-state index < -0.39 is 28.3 Å². The fourth-order valence-electron chi connectivity index (χ4n) is 3.33. The van der Waals surface area contributed by atoms with Crippen LogP contribution in [0, 0.1) is 17.1 Å². The van der Waals surface area contributed by atoms with E-state index >= 15 is 0 Å². The Bertz CT molecular complexity index is 1240. The Kier molecular flexibility index (Phi) is 7.28. The summed E-state index contributed by atoms with van der Waals surface area (Å²) in [5, 5.41) is 11.6. The number of aryl methyl sites for hydroxylation is 1. The zero-order chi connectivity index (χ0) is 24.2. The van der Waals surface area contributed by atoms with Gasteiger partial charge in [-0.15, -0.1) is 0 Å². The summed E-state index contributed by atoms with van der Waals surface area (Å²) in [7, 11) is 1.52. The molecule has 0 saturated carbocycles. The van der Waals surface area contributed by atoms with Gasteiger partial charge in [0, 0.05) is 18.9 Å². The molecule has 4 N–H and O–H groups in total. The van der Waals surface area contributed by atoms with E-state index in [1.54, 1.807) is 13.0 Å². The lowest BCUT2D eigenvalue weighted by atomic mass is 9.95. The molecule has 2 aromatic carbocycles. The molecule has 1 heterocycles. The molecule has 1 amide bonds. The third-order valence-corrected chi connectivity index (χ3v) is 5.51. The predicted octanol–water partition coefficient (Wildman–Crippen LogP) is 3.21. The van der Waals surface area contributed by atoms with Crippen LogP contribution in [0.5, 0.6) is 5.75 Å². The molecule has 0 aliphatic rings. The van der Waals surface area contributed by atoms with Crippen LogP contribution in [0.4, 0.5) is 10.1 Å². The van der Waals surface area contributed by atoms with Crippen LogP contribution in [0.25, 0.3) is 0 Å². The average molecular weight is 471 g/mol. The van der Waals surface area contributed by atoms with Crippen molar-refractivity contribution in [1.82, 2.24) is 4.57 Å². The number of aromatic nitrogens is 1. The van der Waals surface area contributed by atoms with E-state index in [-0.39, 0.29) is 34.2 Å². The van der Waals surface area contributed by atoms with Gasteiger partial charge >= 0.3 is 0 Å². The van der Waals surface area contributed by atoms with E-state index in [1.807, 2.05) is 30.3 Å². The molecule has 8 nitrogen and oxygen atoms in total. The van der Waals surface area contributed by atoms with Gasteiger partial charge in [-0.2, -0.15) is 5.26 Å². The highest BCUT2D eigenvalue weighted by molar-refractivity contribution is 7.79. The number of halogens is 1. The summed E-state index contributed by atoms with van der Waals surface area (Å²) in [5.74, 6) is -1.46. The van der Waals surface area contributed by atoms with Crippen LogP contribution in [-0.4, -0.2) is 31.4 Å². The summed E-state index contributed by atoms with van der Waals surface area (Å²) >= 11 is -2.43. The smallest absolute Gasteiger partial charge is 0.276 e. The van der Waals surface area contributed by atoms with Crippen LogP contribution in [0.1, 0.15) is 28.5 Å². The zero-order valence-electron chi connectivity index (χ0n) is 18.0. The van der Waals surface area contributed by atoms with Gasteiger partial charge in [-0.05, 0) is 37.1 Å². The van der Waals surface area contributed by atoms with Crippen LogP contribution < -0.4 is 15.8 Å². The van der Waals surface area contributed by atoms with Crippen molar-refractivity contribution in [2.24, 2.45) is 12.8 Å². The average Bonchev–Trinajstić information content (AvgIpc) is 3.10. The largest absolute Gasteiger partial charge is 0.488 e. The van der Waals surface area contributed by atoms with E-state index in [2.05, 4.69) is 5.32 Å². The number of carbonyl (C=O) groups excluding carboxylic acids is 1. The van der Waals surface area contributed by atoms with Gasteiger partial charge in [0.05, 0.1) is 11.1 Å². The minimum atomic E-state index is -2.43. The molecule has 0 spiro atoms. The van der Waals surface area contributed by atoms with Crippen LogP contribution in [0.2, 0.25) is 0 Å². The molecule has 1 aromatic heterocycles. The maximum Gasteiger partial charge on any atom is 0.276 e. The van der Waals surface area contributed by atoms with Gasteiger partial charge in [0.25, 0.3) is 5.91 Å². The Labute approximate surface area is 193 Å². The van der Waals surface area contributed by atoms with Gasteiger partial charge in [-0.3, -0.25) is 4.79 Å². The minimum Gasteiger partial charge on any atom is -0.488 e. The number of rotatable bonds is 8. The number of amides is 1. The van der Waals surface area contributed by atoms with Crippen molar-refractivity contribution in [1.29, 1.82) is 5.26 Å². The van der Waals surface area contributed by atoms with Crippen molar-refractivity contribution in [3.63, 3.8) is 0 Å². The maximum absolute atomic E-state index is 13.6. The first-order valence-electron chi connectivity index (χ1n) is 9.88. The number of nitriles is 1. The Morgan fingerprint density at radius 1 is 1.33 bits per heavy atom. The molecule has 3 aromatic rings. The molecular formula is C23H23FN4O4S. The third-order valence-electron chi connectivity index (χ3n) is 4.85. The van der Waals surface area contributed by atoms with Gasteiger partial charge < -0.3 is 24.9 Å². The molecule has 0 saturated heterocycles. The summed E-state index contributed by atoms with van der Waals surface area (Å²) in [6.07, 6.45) is 1.79. The molecule has 0 aliphatic heterocycles. The molecule has 0 bridgehead atoms. The number of carbonyl (C=O) groups is 1. The van der Waals surface area contributed by atoms with E-state index in [4.69, 9.17) is 15.7 Å². The van der Waals surface area contributed by atoms with E-state index in [9.17, 15) is 17.9 Å². The zero-order valence-corrected chi connectivity index (χ0v) is 18.9. The Morgan fingerprint density at radius 2 is 2.03 bits per heavy atom. The summed E-state index contributed by atoms with van der Waals surface area (Å²) in [4.78, 5) is 12.9. The van der Waals surface area contributed by atoms with E-state index in [0.29, 0.717) is 6.42 Å². The summed E-state index contributed by atoms with van der Waals surface area (Å²) in [6, 6.07) is 14.8. The molecule has 0 fully saturated rings. The monoisotopic (exact) mass is 470 g/mol. The molecule has 0 aliphatic carbocycles. The molecule has 10 heteroatoms. The standard InChI is InChI=1S/C23H23FN4O4S/c1-23(26,11-15-6-4-3-5-7-15)14-32-21-19(33(30)31)13-28(2)20(21)22(29)27-17-8-9-18(24)16(10-17)12-25/h3-10,13H,11,14,26H2,1-2H3,(H,27,29)(H,30,31)/t23-/m0/s1. The highest BCUT2D eigenvalue weighted by Gasteiger charge is 2.28. The highest BCUT2D eigenvalue weighted by Crippen LogP contribution is 2.30. The van der Waals surface area contributed by atoms with Gasteiger partial charge in [0.15, 0.2) is 22.5 Å². The summed E-state index contributed by atoms with van der Waals surface area (Å²) in [5.41, 5.74) is 6.48. The second-order valence-corrected chi connectivity index (χ2v) is 8.83. The Balaban J connectivity index is 1.86. The topological polar surface area (TPSA) is 130 Å². The summed E-state index contributed by atoms with van der Waals surface area (Å²) in [6.45, 7) is 1.74. The van der Waals surface area contributed by atoms with Gasteiger partial charge in [-0.25, -0.2) is 8.60 Å². The second-order valence-electron chi connectivity index (χ2n) is 7.90. The van der Waals surface area contributed by atoms with E-state index in [1.165, 1.54) is 29.9 Å². The van der Waals surface area contributed by atoms with E-state index in [0.717, 1.165) is 11.6 Å². The lowest BCUT2D eigenvalue weighted by Crippen LogP contribution is -2.44. The number of nitrogens with two attached hydrogens (primary N) is 1. The van der Waals surface area contributed by atoms with Gasteiger partial charge in [0.1, 0.15) is 23.4 Å². The molecule has 1 unspecified atom stereocenters. The highest BCUT2D eigenvalue weighted by atomic mass is 32.2. The van der Waals surface area contributed by atoms with Crippen molar-refractivity contribution >= 4 is 22.7 Å². The first-order chi connectivity index (χ1) is 15.6. The fraction of sp³-hybridized carbons (Fsp3) is 0.217. The Hall–Kier alpha value is -3.52. The molecule has 33 heavy (non-hydrogen) atoms. The number of benzene rings is 2. The number of anilines is 1. The number of hydrogen-bond acceptors (Lipinski definition) is 5. The number of nitrogens with one attached hydrogen (secondary N) is 1. The van der Waals surface area contributed by atoms with Crippen molar-refractivity contribution in [3.8, 4) is 11.8 Å². The van der Waals surface area contributed by atoms with Gasteiger partial charge in [-0.1, -0.05) is 30.3 Å². The fourth-order valence-corrected chi connectivity index (χ4v) is 3.89. The molecule has 3 rings (SSSR count). The van der Waals surface area contributed by atoms with Crippen LogP contribution in [0.15, 0.2) is 59.6 Å². The predicted molar refractivity (Wildman–Crippen MR) is 122 cm³/mol. The molecule has 172 valence electrons. The quantitative estimate of drug-likeness (QED) is 0.434. The van der Waals surface area contributed by atoms with Crippen molar-refractivity contribution < 1.29 is 22.7 Å². The minimum absolute atomic E-state index is 0.0225. The lowest BCUT2D eigenvalue weighted by Gasteiger charge is -2.25. The van der Waals surface area contributed by atoms with Gasteiger partial charge in [0.2, 0.25) is 0 Å². The number of hydrogen-bond donors (Lipinski definition) is 3. The maximum atomic E-state index is 13.6. The van der Waals surface area contributed by atoms with Crippen LogP contribution in [0.3, 0.4) is 0 Å². The van der Waals surface area contributed by atoms with Crippen LogP contribution in [-0.2, 0) is 24.5 Å². The number of ether oxygens (including phenoxy) is 1. The SMILES string of the molecule is Cn1cc(S(=O)O)c(OC[C@@](C)(N)Cc2ccccc2)c1C(=O)Nc1ccc(F)c(C#N)c1. The van der Waals surface area contributed by atoms with Crippen molar-refractivity contribution in [2.75, 3.05) is 11.9 Å². The Morgan fingerprint density at radius 3 is 2.67 bits per heavy atom. The number of nitrogens with zero attached hydrogens (tertiary/aromatic N) is 2. The first kappa shape index (κ1) is 24.1. The van der Waals surface area contributed by atoms with Crippen molar-refractivity contribution in [2.45, 2.75) is 23.8 Å². The lowest BCUT2D eigenvalue weighted by molar-refractivity contribution is 0.101. The van der Waals surface area contributed by atoms with Crippen molar-refractivity contribution in [3.05, 3.63) is 77.4 Å². The van der Waals surface area contributed by atoms with Crippen LogP contribution >= 0.6 is 0 Å². The molecule has 0 radical (unpaired) electrons. The second kappa shape index (κ2) is 9.95. The molecular weight excluding hydrogens is 447 g/mol. The summed E-state index contributed by atoms with van der Waals surface area (Å²) < 4.78 is 42.4. The molecule has 2 atom stereocenters. The first-order valence-corrected chi connectivity index (χ1v) is 11.0. The third kappa shape index (κ3) is 5.84.